The van der Waals surface area contributed by atoms with E-state index < -0.39 is 17.5 Å². The van der Waals surface area contributed by atoms with Crippen molar-refractivity contribution in [2.24, 2.45) is 0 Å². The Hall–Kier alpha value is -1.23. The normalized spacial score (nSPS) is 17.4. The summed E-state index contributed by atoms with van der Waals surface area (Å²) in [6, 6.07) is 1.99. The van der Waals surface area contributed by atoms with E-state index in [-0.39, 0.29) is 11.9 Å². The van der Waals surface area contributed by atoms with Crippen molar-refractivity contribution in [2.45, 2.75) is 18.9 Å². The Labute approximate surface area is 91.4 Å². The van der Waals surface area contributed by atoms with Gasteiger partial charge in [-0.3, -0.25) is 0 Å². The molecule has 1 N–H and O–H groups in total. The van der Waals surface area contributed by atoms with Gasteiger partial charge in [0, 0.05) is 0 Å². The van der Waals surface area contributed by atoms with Gasteiger partial charge in [0.25, 0.3) is 0 Å². The van der Waals surface area contributed by atoms with Gasteiger partial charge >= 0.3 is 0 Å². The molecule has 1 heterocycles. The first kappa shape index (κ1) is 11.3. The average Bonchev–Trinajstić information content (AvgIpc) is 2.31. The van der Waals surface area contributed by atoms with Gasteiger partial charge in [-0.1, -0.05) is 0 Å². The van der Waals surface area contributed by atoms with Gasteiger partial charge in [0.2, 0.25) is 5.82 Å². The lowest BCUT2D eigenvalue weighted by atomic mass is 10.1. The summed E-state index contributed by atoms with van der Waals surface area (Å²) in [5.74, 6) is -4.15. The first-order chi connectivity index (χ1) is 7.68. The molecule has 0 unspecified atom stereocenters. The van der Waals surface area contributed by atoms with Crippen molar-refractivity contribution in [3.8, 4) is 5.75 Å². The highest BCUT2D eigenvalue weighted by Gasteiger charge is 2.19. The van der Waals surface area contributed by atoms with Gasteiger partial charge in [-0.05, 0) is 38.1 Å². The highest BCUT2D eigenvalue weighted by atomic mass is 19.2. The standard InChI is InChI=1S/C11H12F3NO/c12-8-1-2-9(11(14)10(8)13)16-7-3-5-15-6-4-7/h1-2,7,15H,3-6H2. The second-order valence-corrected chi connectivity index (χ2v) is 3.74. The highest BCUT2D eigenvalue weighted by Crippen LogP contribution is 2.24. The number of piperidine rings is 1. The molecule has 2 rings (SSSR count). The van der Waals surface area contributed by atoms with Crippen LogP contribution in [0.3, 0.4) is 0 Å². The van der Waals surface area contributed by atoms with E-state index >= 15 is 0 Å². The number of ether oxygens (including phenoxy) is 1. The summed E-state index contributed by atoms with van der Waals surface area (Å²) in [6.07, 6.45) is 1.33. The van der Waals surface area contributed by atoms with E-state index in [2.05, 4.69) is 5.32 Å². The van der Waals surface area contributed by atoms with Crippen molar-refractivity contribution in [3.63, 3.8) is 0 Å². The maximum absolute atomic E-state index is 13.3. The van der Waals surface area contributed by atoms with Crippen molar-refractivity contribution >= 4 is 0 Å². The van der Waals surface area contributed by atoms with Crippen LogP contribution in [0.25, 0.3) is 0 Å². The molecular formula is C11H12F3NO. The van der Waals surface area contributed by atoms with Gasteiger partial charge in [0.05, 0.1) is 0 Å². The molecule has 1 aromatic carbocycles. The average molecular weight is 231 g/mol. The smallest absolute Gasteiger partial charge is 0.203 e. The van der Waals surface area contributed by atoms with E-state index in [9.17, 15) is 13.2 Å². The van der Waals surface area contributed by atoms with Gasteiger partial charge in [-0.25, -0.2) is 8.78 Å². The lowest BCUT2D eigenvalue weighted by Gasteiger charge is -2.24. The zero-order chi connectivity index (χ0) is 11.5. The van der Waals surface area contributed by atoms with Crippen molar-refractivity contribution in [1.29, 1.82) is 0 Å². The molecule has 0 saturated carbocycles. The Bertz CT molecular complexity index is 378. The largest absolute Gasteiger partial charge is 0.487 e. The van der Waals surface area contributed by atoms with Crippen molar-refractivity contribution < 1.29 is 17.9 Å². The summed E-state index contributed by atoms with van der Waals surface area (Å²) >= 11 is 0. The molecule has 1 aliphatic rings. The van der Waals surface area contributed by atoms with E-state index in [0.29, 0.717) is 0 Å². The second kappa shape index (κ2) is 4.74. The molecule has 1 aliphatic heterocycles. The first-order valence-electron chi connectivity index (χ1n) is 5.19. The van der Waals surface area contributed by atoms with Crippen LogP contribution in [-0.2, 0) is 0 Å². The monoisotopic (exact) mass is 231 g/mol. The number of rotatable bonds is 2. The van der Waals surface area contributed by atoms with Gasteiger partial charge in [-0.15, -0.1) is 0 Å². The molecular weight excluding hydrogens is 219 g/mol. The fourth-order valence-electron chi connectivity index (χ4n) is 1.69. The molecule has 0 radical (unpaired) electrons. The molecule has 0 atom stereocenters. The van der Waals surface area contributed by atoms with Gasteiger partial charge < -0.3 is 10.1 Å². The number of benzene rings is 1. The minimum atomic E-state index is -1.48. The quantitative estimate of drug-likeness (QED) is 0.788. The number of halogens is 3. The maximum atomic E-state index is 13.3. The van der Waals surface area contributed by atoms with Crippen LogP contribution in [0.4, 0.5) is 13.2 Å². The van der Waals surface area contributed by atoms with Crippen molar-refractivity contribution in [1.82, 2.24) is 5.32 Å². The van der Waals surface area contributed by atoms with Gasteiger partial charge in [0.1, 0.15) is 6.10 Å². The Morgan fingerprint density at radius 1 is 1.06 bits per heavy atom. The number of hydrogen-bond donors (Lipinski definition) is 1. The third-order valence-corrected chi connectivity index (χ3v) is 2.58. The van der Waals surface area contributed by atoms with Crippen molar-refractivity contribution in [2.75, 3.05) is 13.1 Å². The molecule has 0 aromatic heterocycles. The minimum Gasteiger partial charge on any atom is -0.487 e. The third-order valence-electron chi connectivity index (χ3n) is 2.58. The fourth-order valence-corrected chi connectivity index (χ4v) is 1.69. The van der Waals surface area contributed by atoms with Gasteiger partial charge in [0.15, 0.2) is 17.4 Å². The summed E-state index contributed by atoms with van der Waals surface area (Å²) in [5.41, 5.74) is 0. The SMILES string of the molecule is Fc1ccc(OC2CCNCC2)c(F)c1F. The molecule has 0 spiro atoms. The summed E-state index contributed by atoms with van der Waals surface area (Å²) in [4.78, 5) is 0. The third kappa shape index (κ3) is 2.29. The predicted molar refractivity (Wildman–Crippen MR) is 52.8 cm³/mol. The van der Waals surface area contributed by atoms with E-state index in [4.69, 9.17) is 4.74 Å². The molecule has 1 fully saturated rings. The van der Waals surface area contributed by atoms with Crippen LogP contribution in [-0.4, -0.2) is 19.2 Å². The topological polar surface area (TPSA) is 21.3 Å². The van der Waals surface area contributed by atoms with Crippen molar-refractivity contribution in [3.05, 3.63) is 29.6 Å². The molecule has 88 valence electrons. The molecule has 0 aliphatic carbocycles. The Kier molecular flexibility index (Phi) is 3.33. The summed E-state index contributed by atoms with van der Waals surface area (Å²) in [5, 5.41) is 3.13. The molecule has 0 bridgehead atoms. The zero-order valence-corrected chi connectivity index (χ0v) is 8.60. The minimum absolute atomic E-state index is 0.138. The molecule has 1 aromatic rings. The predicted octanol–water partition coefficient (Wildman–Crippen LogP) is 2.23. The van der Waals surface area contributed by atoms with Crippen LogP contribution in [0.15, 0.2) is 12.1 Å². The lowest BCUT2D eigenvalue weighted by molar-refractivity contribution is 0.153. The lowest BCUT2D eigenvalue weighted by Crippen LogP contribution is -2.34. The van der Waals surface area contributed by atoms with E-state index in [0.717, 1.165) is 38.1 Å². The van der Waals surface area contributed by atoms with Crippen LogP contribution in [0.2, 0.25) is 0 Å². The Balaban J connectivity index is 2.11. The Morgan fingerprint density at radius 3 is 2.44 bits per heavy atom. The fraction of sp³-hybridized carbons (Fsp3) is 0.455. The van der Waals surface area contributed by atoms with E-state index in [1.807, 2.05) is 0 Å². The molecule has 1 saturated heterocycles. The van der Waals surface area contributed by atoms with Crippen LogP contribution in [0.1, 0.15) is 12.8 Å². The highest BCUT2D eigenvalue weighted by molar-refractivity contribution is 5.26. The zero-order valence-electron chi connectivity index (χ0n) is 8.60. The molecule has 0 amide bonds. The summed E-state index contributed by atoms with van der Waals surface area (Å²) < 4.78 is 44.1. The van der Waals surface area contributed by atoms with Crippen LogP contribution in [0, 0.1) is 17.5 Å². The van der Waals surface area contributed by atoms with Crippen LogP contribution >= 0.6 is 0 Å². The Morgan fingerprint density at radius 2 is 1.75 bits per heavy atom. The van der Waals surface area contributed by atoms with Gasteiger partial charge in [-0.2, -0.15) is 4.39 Å². The number of nitrogens with one attached hydrogen (secondary N) is 1. The maximum Gasteiger partial charge on any atom is 0.203 e. The first-order valence-corrected chi connectivity index (χ1v) is 5.19. The van der Waals surface area contributed by atoms with E-state index in [1.54, 1.807) is 0 Å². The summed E-state index contributed by atoms with van der Waals surface area (Å²) in [7, 11) is 0. The molecule has 5 heteroatoms. The van der Waals surface area contributed by atoms with Crippen LogP contribution < -0.4 is 10.1 Å². The van der Waals surface area contributed by atoms with Crippen LogP contribution in [0.5, 0.6) is 5.75 Å². The second-order valence-electron chi connectivity index (χ2n) is 3.74. The molecule has 16 heavy (non-hydrogen) atoms. The summed E-state index contributed by atoms with van der Waals surface area (Å²) in [6.45, 7) is 1.58. The number of hydrogen-bond acceptors (Lipinski definition) is 2. The molecule has 2 nitrogen and oxygen atoms in total. The van der Waals surface area contributed by atoms with E-state index in [1.165, 1.54) is 0 Å².